The first-order valence-electron chi connectivity index (χ1n) is 5.29. The summed E-state index contributed by atoms with van der Waals surface area (Å²) in [6.45, 7) is 2.23. The van der Waals surface area contributed by atoms with Crippen molar-refractivity contribution in [1.82, 2.24) is 10.2 Å². The van der Waals surface area contributed by atoms with Crippen LogP contribution < -0.4 is 5.32 Å². The summed E-state index contributed by atoms with van der Waals surface area (Å²) in [5.74, 6) is -0.0430. The number of likely N-dealkylation sites (N-methyl/N-ethyl adjacent to an activating group) is 1. The van der Waals surface area contributed by atoms with Gasteiger partial charge in [0.05, 0.1) is 12.6 Å². The molecule has 17 heavy (non-hydrogen) atoms. The Balaban J connectivity index is 2.72. The second kappa shape index (κ2) is 6.24. The normalized spacial score (nSPS) is 12.6. The maximum Gasteiger partial charge on any atom is 0.234 e. The molecular formula is C12H16Cl2N2O. The summed E-state index contributed by atoms with van der Waals surface area (Å²) in [6.07, 6.45) is 0. The topological polar surface area (TPSA) is 32.3 Å². The number of halogens is 2. The van der Waals surface area contributed by atoms with Gasteiger partial charge in [-0.05, 0) is 44.8 Å². The number of benzene rings is 1. The third-order valence-corrected chi connectivity index (χ3v) is 2.84. The number of hydrogen-bond donors (Lipinski definition) is 1. The molecule has 0 radical (unpaired) electrons. The molecule has 1 aromatic rings. The summed E-state index contributed by atoms with van der Waals surface area (Å²) in [6, 6.07) is 5.06. The average molecular weight is 275 g/mol. The lowest BCUT2D eigenvalue weighted by Crippen LogP contribution is -2.34. The van der Waals surface area contributed by atoms with Gasteiger partial charge in [-0.25, -0.2) is 0 Å². The first-order valence-corrected chi connectivity index (χ1v) is 6.04. The lowest BCUT2D eigenvalue weighted by molar-refractivity contribution is -0.122. The molecule has 0 spiro atoms. The lowest BCUT2D eigenvalue weighted by atomic mass is 10.1. The van der Waals surface area contributed by atoms with E-state index in [2.05, 4.69) is 5.32 Å². The number of carbonyl (C=O) groups is 1. The molecule has 1 rings (SSSR count). The van der Waals surface area contributed by atoms with Gasteiger partial charge in [0.25, 0.3) is 0 Å². The molecule has 0 aliphatic rings. The van der Waals surface area contributed by atoms with Crippen LogP contribution >= 0.6 is 23.2 Å². The van der Waals surface area contributed by atoms with Crippen LogP contribution in [0, 0.1) is 0 Å². The second-order valence-corrected chi connectivity index (χ2v) is 5.04. The van der Waals surface area contributed by atoms with Gasteiger partial charge in [0.2, 0.25) is 5.91 Å². The van der Waals surface area contributed by atoms with Crippen LogP contribution in [0.5, 0.6) is 0 Å². The molecule has 0 aliphatic carbocycles. The van der Waals surface area contributed by atoms with Gasteiger partial charge in [-0.1, -0.05) is 23.2 Å². The number of nitrogens with zero attached hydrogens (tertiary/aromatic N) is 1. The third-order valence-electron chi connectivity index (χ3n) is 2.26. The highest BCUT2D eigenvalue weighted by Crippen LogP contribution is 2.25. The van der Waals surface area contributed by atoms with Crippen molar-refractivity contribution in [2.75, 3.05) is 20.6 Å². The minimum atomic E-state index is -0.159. The van der Waals surface area contributed by atoms with Crippen LogP contribution in [0.3, 0.4) is 0 Å². The van der Waals surface area contributed by atoms with E-state index in [9.17, 15) is 4.79 Å². The van der Waals surface area contributed by atoms with Gasteiger partial charge in [0.15, 0.2) is 0 Å². The molecule has 1 aromatic carbocycles. The summed E-state index contributed by atoms with van der Waals surface area (Å²) in [5, 5.41) is 4.08. The van der Waals surface area contributed by atoms with Crippen molar-refractivity contribution in [2.24, 2.45) is 0 Å². The van der Waals surface area contributed by atoms with Crippen molar-refractivity contribution < 1.29 is 4.79 Å². The predicted molar refractivity (Wildman–Crippen MR) is 71.6 cm³/mol. The molecule has 0 unspecified atom stereocenters. The molecule has 3 nitrogen and oxygen atoms in total. The highest BCUT2D eigenvalue weighted by atomic mass is 35.5. The zero-order chi connectivity index (χ0) is 13.0. The maximum atomic E-state index is 11.6. The van der Waals surface area contributed by atoms with Crippen molar-refractivity contribution in [1.29, 1.82) is 0 Å². The smallest absolute Gasteiger partial charge is 0.234 e. The summed E-state index contributed by atoms with van der Waals surface area (Å²) < 4.78 is 0. The maximum absolute atomic E-state index is 11.6. The fourth-order valence-electron chi connectivity index (χ4n) is 1.50. The number of rotatable bonds is 4. The van der Waals surface area contributed by atoms with Crippen molar-refractivity contribution in [3.63, 3.8) is 0 Å². The summed E-state index contributed by atoms with van der Waals surface area (Å²) in [4.78, 5) is 13.4. The van der Waals surface area contributed by atoms with E-state index in [0.29, 0.717) is 16.6 Å². The molecule has 0 aliphatic heterocycles. The van der Waals surface area contributed by atoms with E-state index in [4.69, 9.17) is 23.2 Å². The summed E-state index contributed by atoms with van der Waals surface area (Å²) in [5.41, 5.74) is 0.825. The Hall–Kier alpha value is -0.770. The van der Waals surface area contributed by atoms with Crippen LogP contribution in [0.15, 0.2) is 18.2 Å². The van der Waals surface area contributed by atoms with Crippen molar-refractivity contribution >= 4 is 29.1 Å². The fourth-order valence-corrected chi connectivity index (χ4v) is 1.96. The molecule has 1 atom stereocenters. The Morgan fingerprint density at radius 1 is 1.41 bits per heavy atom. The van der Waals surface area contributed by atoms with E-state index in [1.54, 1.807) is 18.2 Å². The SMILES string of the molecule is C[C@H](NC(=O)CN(C)C)c1cc(Cl)ccc1Cl. The number of amides is 1. The van der Waals surface area contributed by atoms with Crippen LogP contribution in [0.25, 0.3) is 0 Å². The zero-order valence-electron chi connectivity index (χ0n) is 10.1. The molecule has 94 valence electrons. The Labute approximate surface area is 112 Å². The highest BCUT2D eigenvalue weighted by molar-refractivity contribution is 6.33. The van der Waals surface area contributed by atoms with E-state index in [1.807, 2.05) is 25.9 Å². The molecule has 1 amide bonds. The van der Waals surface area contributed by atoms with Crippen molar-refractivity contribution in [2.45, 2.75) is 13.0 Å². The largest absolute Gasteiger partial charge is 0.348 e. The lowest BCUT2D eigenvalue weighted by Gasteiger charge is -2.17. The molecule has 0 fully saturated rings. The van der Waals surface area contributed by atoms with Gasteiger partial charge in [-0.15, -0.1) is 0 Å². The minimum Gasteiger partial charge on any atom is -0.348 e. The first kappa shape index (κ1) is 14.3. The van der Waals surface area contributed by atoms with Crippen LogP contribution in [-0.4, -0.2) is 31.4 Å². The van der Waals surface area contributed by atoms with E-state index in [0.717, 1.165) is 5.56 Å². The number of nitrogens with one attached hydrogen (secondary N) is 1. The molecule has 1 N–H and O–H groups in total. The average Bonchev–Trinajstić information content (AvgIpc) is 2.20. The van der Waals surface area contributed by atoms with E-state index in [1.165, 1.54) is 0 Å². The van der Waals surface area contributed by atoms with Gasteiger partial charge in [0.1, 0.15) is 0 Å². The van der Waals surface area contributed by atoms with Gasteiger partial charge in [-0.3, -0.25) is 4.79 Å². The van der Waals surface area contributed by atoms with Crippen LogP contribution in [0.1, 0.15) is 18.5 Å². The van der Waals surface area contributed by atoms with Crippen LogP contribution in [0.4, 0.5) is 0 Å². The quantitative estimate of drug-likeness (QED) is 0.916. The predicted octanol–water partition coefficient (Wildman–Crippen LogP) is 2.73. The molecule has 0 aromatic heterocycles. The Morgan fingerprint density at radius 3 is 2.65 bits per heavy atom. The zero-order valence-corrected chi connectivity index (χ0v) is 11.6. The molecule has 0 heterocycles. The van der Waals surface area contributed by atoms with E-state index < -0.39 is 0 Å². The summed E-state index contributed by atoms with van der Waals surface area (Å²) in [7, 11) is 3.69. The Bertz CT molecular complexity index is 407. The van der Waals surface area contributed by atoms with Gasteiger partial charge in [0, 0.05) is 10.0 Å². The van der Waals surface area contributed by atoms with Gasteiger partial charge >= 0.3 is 0 Å². The fraction of sp³-hybridized carbons (Fsp3) is 0.417. The summed E-state index contributed by atoms with van der Waals surface area (Å²) >= 11 is 12.0. The van der Waals surface area contributed by atoms with Crippen LogP contribution in [-0.2, 0) is 4.79 Å². The molecule has 5 heteroatoms. The Kier molecular flexibility index (Phi) is 5.25. The standard InChI is InChI=1S/C12H16Cl2N2O/c1-8(15-12(17)7-16(2)3)10-6-9(13)4-5-11(10)14/h4-6,8H,7H2,1-3H3,(H,15,17)/t8-/m0/s1. The Morgan fingerprint density at radius 2 is 2.06 bits per heavy atom. The minimum absolute atomic E-state index is 0.0430. The molecule has 0 bridgehead atoms. The number of carbonyl (C=O) groups excluding carboxylic acids is 1. The highest BCUT2D eigenvalue weighted by Gasteiger charge is 2.13. The van der Waals surface area contributed by atoms with E-state index >= 15 is 0 Å². The van der Waals surface area contributed by atoms with Crippen molar-refractivity contribution in [3.8, 4) is 0 Å². The molecular weight excluding hydrogens is 259 g/mol. The second-order valence-electron chi connectivity index (χ2n) is 4.19. The van der Waals surface area contributed by atoms with Gasteiger partial charge in [-0.2, -0.15) is 0 Å². The first-order chi connectivity index (χ1) is 7.90. The monoisotopic (exact) mass is 274 g/mol. The third kappa shape index (κ3) is 4.54. The van der Waals surface area contributed by atoms with Gasteiger partial charge < -0.3 is 10.2 Å². The molecule has 0 saturated carbocycles. The van der Waals surface area contributed by atoms with Crippen molar-refractivity contribution in [3.05, 3.63) is 33.8 Å². The number of hydrogen-bond acceptors (Lipinski definition) is 2. The van der Waals surface area contributed by atoms with Crippen LogP contribution in [0.2, 0.25) is 10.0 Å². The van der Waals surface area contributed by atoms with E-state index in [-0.39, 0.29) is 11.9 Å². The molecule has 0 saturated heterocycles.